The quantitative estimate of drug-likeness (QED) is 0.634. The van der Waals surface area contributed by atoms with E-state index in [2.05, 4.69) is 0 Å². The molecule has 3 aromatic rings. The molecule has 5 heteroatoms. The van der Waals surface area contributed by atoms with Crippen molar-refractivity contribution in [1.82, 2.24) is 0 Å². The van der Waals surface area contributed by atoms with Crippen LogP contribution in [-0.2, 0) is 16.9 Å². The molecule has 0 fully saturated rings. The molecule has 0 radical (unpaired) electrons. The minimum absolute atomic E-state index is 0.322. The monoisotopic (exact) mass is 401 g/mol. The summed E-state index contributed by atoms with van der Waals surface area (Å²) in [5.41, 5.74) is 1.63. The first kappa shape index (κ1) is 19.9. The second kappa shape index (κ2) is 7.76. The Kier molecular flexibility index (Phi) is 5.14. The minimum Gasteiger partial charge on any atom is -0.497 e. The maximum atomic E-state index is 13.4. The molecule has 1 aliphatic heterocycles. The van der Waals surface area contributed by atoms with Crippen LogP contribution in [0.4, 0.5) is 5.69 Å². The number of amides is 1. The summed E-state index contributed by atoms with van der Waals surface area (Å²) in [6, 6.07) is 21.7. The van der Waals surface area contributed by atoms with Crippen molar-refractivity contribution < 1.29 is 19.4 Å². The highest BCUT2D eigenvalue weighted by Crippen LogP contribution is 2.43. The largest absolute Gasteiger partial charge is 0.497 e. The van der Waals surface area contributed by atoms with Crippen LogP contribution in [0.3, 0.4) is 0 Å². The van der Waals surface area contributed by atoms with Crippen LogP contribution in [0.25, 0.3) is 0 Å². The number of ketones is 1. The zero-order valence-electron chi connectivity index (χ0n) is 17.0. The van der Waals surface area contributed by atoms with E-state index >= 15 is 0 Å². The molecule has 152 valence electrons. The van der Waals surface area contributed by atoms with Gasteiger partial charge < -0.3 is 14.7 Å². The minimum atomic E-state index is -1.90. The molecule has 0 spiro atoms. The number of para-hydroxylation sites is 1. The number of carbonyl (C=O) groups is 2. The molecule has 0 bridgehead atoms. The molecule has 1 unspecified atom stereocenters. The molecular formula is C25H23NO4. The van der Waals surface area contributed by atoms with Gasteiger partial charge in [0, 0.05) is 11.1 Å². The van der Waals surface area contributed by atoms with Gasteiger partial charge in [0.15, 0.2) is 11.4 Å². The van der Waals surface area contributed by atoms with E-state index < -0.39 is 11.5 Å². The normalized spacial score (nSPS) is 17.7. The summed E-state index contributed by atoms with van der Waals surface area (Å²) in [5.74, 6) is -0.257. The lowest BCUT2D eigenvalue weighted by molar-refractivity contribution is -0.136. The van der Waals surface area contributed by atoms with Crippen LogP contribution < -0.4 is 9.64 Å². The van der Waals surface area contributed by atoms with E-state index in [1.807, 2.05) is 37.3 Å². The molecule has 1 N–H and O–H groups in total. The molecular weight excluding hydrogens is 378 g/mol. The number of benzene rings is 3. The van der Waals surface area contributed by atoms with Gasteiger partial charge in [-0.05, 0) is 36.2 Å². The number of hydrogen-bond acceptors (Lipinski definition) is 4. The van der Waals surface area contributed by atoms with Crippen LogP contribution in [0.1, 0.15) is 33.5 Å². The number of hydrogen-bond donors (Lipinski definition) is 1. The van der Waals surface area contributed by atoms with E-state index in [0.29, 0.717) is 29.1 Å². The van der Waals surface area contributed by atoms with E-state index in [0.717, 1.165) is 11.1 Å². The smallest absolute Gasteiger partial charge is 0.264 e. The summed E-state index contributed by atoms with van der Waals surface area (Å²) < 4.78 is 5.18. The van der Waals surface area contributed by atoms with E-state index in [-0.39, 0.29) is 12.2 Å². The zero-order chi connectivity index (χ0) is 21.3. The third kappa shape index (κ3) is 3.37. The average Bonchev–Trinajstić information content (AvgIpc) is 2.97. The number of anilines is 1. The van der Waals surface area contributed by atoms with Crippen LogP contribution in [0.15, 0.2) is 72.8 Å². The van der Waals surface area contributed by atoms with Crippen molar-refractivity contribution in [3.63, 3.8) is 0 Å². The van der Waals surface area contributed by atoms with Gasteiger partial charge in [-0.2, -0.15) is 0 Å². The number of Topliss-reactive ketones (excluding diaryl/α,β-unsaturated/α-hetero) is 1. The number of carbonyl (C=O) groups excluding carboxylic acids is 2. The lowest BCUT2D eigenvalue weighted by Crippen LogP contribution is -2.41. The van der Waals surface area contributed by atoms with Gasteiger partial charge in [0.2, 0.25) is 0 Å². The van der Waals surface area contributed by atoms with Gasteiger partial charge in [-0.15, -0.1) is 0 Å². The Balaban J connectivity index is 1.68. The fourth-order valence-electron chi connectivity index (χ4n) is 3.92. The van der Waals surface area contributed by atoms with Gasteiger partial charge in [0.25, 0.3) is 5.91 Å². The molecule has 1 heterocycles. The van der Waals surface area contributed by atoms with Crippen molar-refractivity contribution in [2.24, 2.45) is 0 Å². The van der Waals surface area contributed by atoms with Crippen molar-refractivity contribution in [1.29, 1.82) is 0 Å². The van der Waals surface area contributed by atoms with Crippen LogP contribution in [0.2, 0.25) is 0 Å². The average molecular weight is 401 g/mol. The lowest BCUT2D eigenvalue weighted by atomic mass is 9.88. The van der Waals surface area contributed by atoms with Crippen LogP contribution in [-0.4, -0.2) is 23.9 Å². The molecule has 1 amide bonds. The Labute approximate surface area is 175 Å². The lowest BCUT2D eigenvalue weighted by Gasteiger charge is -2.23. The van der Waals surface area contributed by atoms with Gasteiger partial charge in [-0.25, -0.2) is 0 Å². The topological polar surface area (TPSA) is 66.8 Å². The maximum absolute atomic E-state index is 13.4. The summed E-state index contributed by atoms with van der Waals surface area (Å²) in [6.07, 6.45) is -0.333. The SMILES string of the molecule is COc1cccc(C(=O)CC2(O)C(=O)N(Cc3ccccc3C)c3ccccc32)c1. The summed E-state index contributed by atoms with van der Waals surface area (Å²) in [5, 5.41) is 11.4. The van der Waals surface area contributed by atoms with E-state index in [9.17, 15) is 14.7 Å². The van der Waals surface area contributed by atoms with Crippen molar-refractivity contribution in [3.05, 3.63) is 95.1 Å². The third-order valence-corrected chi connectivity index (χ3v) is 5.64. The maximum Gasteiger partial charge on any atom is 0.264 e. The van der Waals surface area contributed by atoms with Crippen molar-refractivity contribution in [2.75, 3.05) is 12.0 Å². The van der Waals surface area contributed by atoms with Gasteiger partial charge in [0.1, 0.15) is 5.75 Å². The number of methoxy groups -OCH3 is 1. The molecule has 5 nitrogen and oxygen atoms in total. The Hall–Kier alpha value is -3.44. The van der Waals surface area contributed by atoms with E-state index in [4.69, 9.17) is 4.74 Å². The number of aliphatic hydroxyl groups is 1. The van der Waals surface area contributed by atoms with Crippen molar-refractivity contribution in [2.45, 2.75) is 25.5 Å². The Morgan fingerprint density at radius 3 is 2.53 bits per heavy atom. The molecule has 3 aromatic carbocycles. The number of rotatable bonds is 6. The van der Waals surface area contributed by atoms with Crippen LogP contribution in [0, 0.1) is 6.92 Å². The predicted molar refractivity (Wildman–Crippen MR) is 115 cm³/mol. The fraction of sp³-hybridized carbons (Fsp3) is 0.200. The Bertz CT molecular complexity index is 1120. The van der Waals surface area contributed by atoms with E-state index in [1.165, 1.54) is 7.11 Å². The number of ether oxygens (including phenoxy) is 1. The van der Waals surface area contributed by atoms with E-state index in [1.54, 1.807) is 47.4 Å². The molecule has 30 heavy (non-hydrogen) atoms. The summed E-state index contributed by atoms with van der Waals surface area (Å²) in [6.45, 7) is 2.32. The number of fused-ring (bicyclic) bond motifs is 1. The second-order valence-corrected chi connectivity index (χ2v) is 7.53. The van der Waals surface area contributed by atoms with Gasteiger partial charge in [-0.3, -0.25) is 9.59 Å². The zero-order valence-corrected chi connectivity index (χ0v) is 17.0. The van der Waals surface area contributed by atoms with Gasteiger partial charge in [-0.1, -0.05) is 54.6 Å². The highest BCUT2D eigenvalue weighted by Gasteiger charge is 2.50. The Morgan fingerprint density at radius 1 is 1.03 bits per heavy atom. The number of aryl methyl sites for hydroxylation is 1. The molecule has 0 saturated heterocycles. The second-order valence-electron chi connectivity index (χ2n) is 7.53. The first-order chi connectivity index (χ1) is 14.4. The van der Waals surface area contributed by atoms with Crippen molar-refractivity contribution in [3.8, 4) is 5.75 Å². The molecule has 4 rings (SSSR count). The molecule has 0 aliphatic carbocycles. The van der Waals surface area contributed by atoms with Gasteiger partial charge >= 0.3 is 0 Å². The molecule has 1 atom stereocenters. The first-order valence-corrected chi connectivity index (χ1v) is 9.79. The van der Waals surface area contributed by atoms with Crippen molar-refractivity contribution >= 4 is 17.4 Å². The summed E-state index contributed by atoms with van der Waals surface area (Å²) in [4.78, 5) is 27.9. The fourth-order valence-corrected chi connectivity index (χ4v) is 3.92. The number of nitrogens with zero attached hydrogens (tertiary/aromatic N) is 1. The third-order valence-electron chi connectivity index (χ3n) is 5.64. The highest BCUT2D eigenvalue weighted by atomic mass is 16.5. The molecule has 1 aliphatic rings. The van der Waals surface area contributed by atoms with Gasteiger partial charge in [0.05, 0.1) is 25.8 Å². The van der Waals surface area contributed by atoms with Crippen LogP contribution >= 0.6 is 0 Å². The molecule has 0 aromatic heterocycles. The first-order valence-electron chi connectivity index (χ1n) is 9.79. The highest BCUT2D eigenvalue weighted by molar-refractivity contribution is 6.10. The summed E-state index contributed by atoms with van der Waals surface area (Å²) >= 11 is 0. The summed E-state index contributed by atoms with van der Waals surface area (Å²) in [7, 11) is 1.53. The standard InChI is InChI=1S/C25H23NO4/c1-17-8-3-4-9-19(17)16-26-22-13-6-5-12-21(22)25(29,24(26)28)15-23(27)18-10-7-11-20(14-18)30-2/h3-14,29H,15-16H2,1-2H3. The molecule has 0 saturated carbocycles. The predicted octanol–water partition coefficient (Wildman–Crippen LogP) is 4.01. The van der Waals surface area contributed by atoms with Crippen LogP contribution in [0.5, 0.6) is 5.75 Å². The Morgan fingerprint density at radius 2 is 1.77 bits per heavy atom.